The van der Waals surface area contributed by atoms with Crippen LogP contribution in [0.4, 0.5) is 13.2 Å². The molecule has 0 aliphatic carbocycles. The normalized spacial score (nSPS) is 15.3. The topological polar surface area (TPSA) is 21.3 Å². The van der Waals surface area contributed by atoms with Crippen molar-refractivity contribution in [1.29, 1.82) is 0 Å². The summed E-state index contributed by atoms with van der Waals surface area (Å²) < 4.78 is 43.2. The predicted molar refractivity (Wildman–Crippen MR) is 68.9 cm³/mol. The zero-order valence-electron chi connectivity index (χ0n) is 11.4. The van der Waals surface area contributed by atoms with Gasteiger partial charge in [0.2, 0.25) is 0 Å². The quantitative estimate of drug-likeness (QED) is 0.853. The van der Waals surface area contributed by atoms with Gasteiger partial charge in [-0.2, -0.15) is 13.2 Å². The first-order valence-corrected chi connectivity index (χ1v) is 6.36. The van der Waals surface area contributed by atoms with Crippen molar-refractivity contribution in [3.63, 3.8) is 0 Å². The highest BCUT2D eigenvalue weighted by Gasteiger charge is 2.30. The molecule has 0 spiro atoms. The van der Waals surface area contributed by atoms with Crippen molar-refractivity contribution in [2.75, 3.05) is 13.2 Å². The minimum absolute atomic E-state index is 0.0400. The Balaban J connectivity index is 2.64. The molecule has 0 fully saturated rings. The Morgan fingerprint density at radius 2 is 1.95 bits per heavy atom. The van der Waals surface area contributed by atoms with Crippen LogP contribution in [0, 0.1) is 0 Å². The summed E-state index contributed by atoms with van der Waals surface area (Å²) in [6, 6.07) is 5.24. The maximum Gasteiger partial charge on any atom is 0.416 e. The van der Waals surface area contributed by atoms with E-state index < -0.39 is 11.7 Å². The molecule has 0 aromatic heterocycles. The van der Waals surface area contributed by atoms with E-state index in [9.17, 15) is 13.2 Å². The molecule has 0 saturated heterocycles. The molecule has 0 aliphatic heterocycles. The molecule has 5 heteroatoms. The molecule has 0 aliphatic rings. The van der Waals surface area contributed by atoms with Gasteiger partial charge in [0.1, 0.15) is 0 Å². The Hall–Kier alpha value is -1.07. The first-order valence-electron chi connectivity index (χ1n) is 6.36. The largest absolute Gasteiger partial charge is 0.416 e. The molecule has 0 amide bonds. The summed E-state index contributed by atoms with van der Waals surface area (Å²) in [6.45, 7) is 6.91. The predicted octanol–water partition coefficient (Wildman–Crippen LogP) is 3.78. The smallest absolute Gasteiger partial charge is 0.377 e. The van der Waals surface area contributed by atoms with Gasteiger partial charge in [0.25, 0.3) is 0 Å². The molecule has 19 heavy (non-hydrogen) atoms. The first kappa shape index (κ1) is 16.0. The Kier molecular flexibility index (Phi) is 5.82. The fraction of sp³-hybridized carbons (Fsp3) is 0.571. The van der Waals surface area contributed by atoms with Crippen molar-refractivity contribution < 1.29 is 17.9 Å². The highest BCUT2D eigenvalue weighted by atomic mass is 19.4. The number of nitrogens with one attached hydrogen (secondary N) is 1. The van der Waals surface area contributed by atoms with Crippen LogP contribution in [0.15, 0.2) is 24.3 Å². The van der Waals surface area contributed by atoms with Crippen molar-refractivity contribution in [2.24, 2.45) is 0 Å². The van der Waals surface area contributed by atoms with Crippen molar-refractivity contribution in [2.45, 2.75) is 39.1 Å². The molecule has 108 valence electrons. The zero-order chi connectivity index (χ0) is 14.5. The summed E-state index contributed by atoms with van der Waals surface area (Å²) in [6.07, 6.45) is -4.26. The van der Waals surface area contributed by atoms with Gasteiger partial charge in [-0.05, 0) is 38.5 Å². The molecule has 2 nitrogen and oxygen atoms in total. The van der Waals surface area contributed by atoms with Crippen LogP contribution < -0.4 is 5.32 Å². The number of hydrogen-bond acceptors (Lipinski definition) is 2. The molecule has 0 radical (unpaired) electrons. The molecule has 0 heterocycles. The van der Waals surface area contributed by atoms with Crippen LogP contribution in [0.25, 0.3) is 0 Å². The number of ether oxygens (including phenoxy) is 1. The summed E-state index contributed by atoms with van der Waals surface area (Å²) >= 11 is 0. The van der Waals surface area contributed by atoms with Gasteiger partial charge in [-0.3, -0.25) is 0 Å². The summed E-state index contributed by atoms with van der Waals surface area (Å²) in [4.78, 5) is 0. The summed E-state index contributed by atoms with van der Waals surface area (Å²) in [5.41, 5.74) is 0.00929. The maximum absolute atomic E-state index is 12.6. The van der Waals surface area contributed by atoms with Crippen molar-refractivity contribution in [3.05, 3.63) is 35.4 Å². The lowest BCUT2D eigenvalue weighted by atomic mass is 10.0. The van der Waals surface area contributed by atoms with Crippen LogP contribution >= 0.6 is 0 Å². The molecule has 2 unspecified atom stereocenters. The highest BCUT2D eigenvalue weighted by Crippen LogP contribution is 2.30. The summed E-state index contributed by atoms with van der Waals surface area (Å²) in [5.74, 6) is 0. The maximum atomic E-state index is 12.6. The second kappa shape index (κ2) is 6.91. The average molecular weight is 275 g/mol. The van der Waals surface area contributed by atoms with E-state index in [1.165, 1.54) is 12.1 Å². The van der Waals surface area contributed by atoms with Gasteiger partial charge in [0, 0.05) is 19.2 Å². The van der Waals surface area contributed by atoms with Gasteiger partial charge in [0.15, 0.2) is 0 Å². The second-order valence-corrected chi connectivity index (χ2v) is 4.52. The minimum atomic E-state index is -4.30. The summed E-state index contributed by atoms with van der Waals surface area (Å²) in [5, 5.41) is 3.17. The Morgan fingerprint density at radius 3 is 2.53 bits per heavy atom. The van der Waals surface area contributed by atoms with Gasteiger partial charge < -0.3 is 10.1 Å². The standard InChI is InChI=1S/C14H20F3NO/c1-4-19-10(2)9-18-11(3)12-6-5-7-13(8-12)14(15,16)17/h5-8,10-11,18H,4,9H2,1-3H3. The van der Waals surface area contributed by atoms with Crippen LogP contribution in [-0.2, 0) is 10.9 Å². The van der Waals surface area contributed by atoms with E-state index in [-0.39, 0.29) is 12.1 Å². The van der Waals surface area contributed by atoms with E-state index in [2.05, 4.69) is 5.32 Å². The van der Waals surface area contributed by atoms with E-state index in [0.717, 1.165) is 6.07 Å². The number of hydrogen-bond donors (Lipinski definition) is 1. The third-order valence-corrected chi connectivity index (χ3v) is 2.88. The van der Waals surface area contributed by atoms with E-state index in [0.29, 0.717) is 18.7 Å². The van der Waals surface area contributed by atoms with Crippen molar-refractivity contribution in [1.82, 2.24) is 5.32 Å². The van der Waals surface area contributed by atoms with E-state index in [1.54, 1.807) is 6.07 Å². The second-order valence-electron chi connectivity index (χ2n) is 4.52. The molecule has 1 aromatic rings. The minimum Gasteiger partial charge on any atom is -0.377 e. The van der Waals surface area contributed by atoms with E-state index in [1.807, 2.05) is 20.8 Å². The van der Waals surface area contributed by atoms with Crippen LogP contribution in [0.5, 0.6) is 0 Å². The Bertz CT molecular complexity index is 393. The molecule has 2 atom stereocenters. The number of halogens is 3. The third-order valence-electron chi connectivity index (χ3n) is 2.88. The van der Waals surface area contributed by atoms with Gasteiger partial charge in [-0.15, -0.1) is 0 Å². The van der Waals surface area contributed by atoms with Gasteiger partial charge >= 0.3 is 6.18 Å². The first-order chi connectivity index (χ1) is 8.84. The SMILES string of the molecule is CCOC(C)CNC(C)c1cccc(C(F)(F)F)c1. The lowest BCUT2D eigenvalue weighted by molar-refractivity contribution is -0.137. The molecule has 1 aromatic carbocycles. The fourth-order valence-corrected chi connectivity index (χ4v) is 1.79. The number of rotatable bonds is 6. The lowest BCUT2D eigenvalue weighted by Crippen LogP contribution is -2.29. The van der Waals surface area contributed by atoms with Crippen LogP contribution in [0.2, 0.25) is 0 Å². The van der Waals surface area contributed by atoms with Gasteiger partial charge in [-0.25, -0.2) is 0 Å². The molecule has 1 rings (SSSR count). The Morgan fingerprint density at radius 1 is 1.26 bits per heavy atom. The lowest BCUT2D eigenvalue weighted by Gasteiger charge is -2.19. The molecular formula is C14H20F3NO. The van der Waals surface area contributed by atoms with Crippen LogP contribution in [0.3, 0.4) is 0 Å². The molecule has 1 N–H and O–H groups in total. The molecular weight excluding hydrogens is 255 g/mol. The number of alkyl halides is 3. The van der Waals surface area contributed by atoms with Gasteiger partial charge in [-0.1, -0.05) is 12.1 Å². The van der Waals surface area contributed by atoms with Crippen LogP contribution in [-0.4, -0.2) is 19.3 Å². The van der Waals surface area contributed by atoms with Crippen molar-refractivity contribution in [3.8, 4) is 0 Å². The average Bonchev–Trinajstić information content (AvgIpc) is 2.35. The van der Waals surface area contributed by atoms with E-state index in [4.69, 9.17) is 4.74 Å². The van der Waals surface area contributed by atoms with Crippen LogP contribution in [0.1, 0.15) is 37.9 Å². The van der Waals surface area contributed by atoms with E-state index >= 15 is 0 Å². The molecule has 0 saturated carbocycles. The van der Waals surface area contributed by atoms with Gasteiger partial charge in [0.05, 0.1) is 11.7 Å². The number of benzene rings is 1. The molecule has 0 bridgehead atoms. The third kappa shape index (κ3) is 5.20. The monoisotopic (exact) mass is 275 g/mol. The van der Waals surface area contributed by atoms with Crippen molar-refractivity contribution >= 4 is 0 Å². The summed E-state index contributed by atoms with van der Waals surface area (Å²) in [7, 11) is 0. The highest BCUT2D eigenvalue weighted by molar-refractivity contribution is 5.27. The Labute approximate surface area is 112 Å². The fourth-order valence-electron chi connectivity index (χ4n) is 1.79. The zero-order valence-corrected chi connectivity index (χ0v) is 11.4.